The molecule has 350 valence electrons. The van der Waals surface area contributed by atoms with E-state index >= 15 is 0 Å². The Morgan fingerprint density at radius 1 is 0.492 bits per heavy atom. The van der Waals surface area contributed by atoms with Gasteiger partial charge < -0.3 is 20.9 Å². The molecule has 0 amide bonds. The number of aliphatic carboxylic acids is 1. The predicted octanol–water partition coefficient (Wildman–Crippen LogP) is 16.3. The highest BCUT2D eigenvalue weighted by Gasteiger charge is 2.12. The third kappa shape index (κ3) is 49.1. The van der Waals surface area contributed by atoms with E-state index in [-0.39, 0.29) is 12.0 Å². The number of unbranched alkanes of at least 4 members (excludes halogenated alkanes) is 36. The quantitative estimate of drug-likeness (QED) is 0.0321. The molecule has 0 fully saturated rings. The van der Waals surface area contributed by atoms with Crippen molar-refractivity contribution in [3.05, 3.63) is 12.2 Å². The summed E-state index contributed by atoms with van der Waals surface area (Å²) in [6.45, 7) is 6.16. The van der Waals surface area contributed by atoms with Gasteiger partial charge in [0.05, 0.1) is 6.61 Å². The van der Waals surface area contributed by atoms with E-state index in [1.807, 2.05) is 0 Å². The van der Waals surface area contributed by atoms with E-state index in [1.165, 1.54) is 231 Å². The lowest BCUT2D eigenvalue weighted by Gasteiger charge is -2.22. The molecule has 6 heteroatoms. The highest BCUT2D eigenvalue weighted by molar-refractivity contribution is 5.69. The molecule has 0 aliphatic carbocycles. The lowest BCUT2D eigenvalue weighted by Crippen LogP contribution is -2.43. The summed E-state index contributed by atoms with van der Waals surface area (Å²) in [5.41, 5.74) is 6.32. The fourth-order valence-corrected chi connectivity index (χ4v) is 8.37. The van der Waals surface area contributed by atoms with Crippen LogP contribution in [0, 0.1) is 0 Å². The zero-order valence-electron chi connectivity index (χ0n) is 39.9. The van der Waals surface area contributed by atoms with Gasteiger partial charge in [-0.3, -0.25) is 9.59 Å². The van der Waals surface area contributed by atoms with E-state index in [1.54, 1.807) is 0 Å². The second-order valence-electron chi connectivity index (χ2n) is 18.5. The Balaban J connectivity index is 3.37. The van der Waals surface area contributed by atoms with Crippen LogP contribution in [0.1, 0.15) is 290 Å². The van der Waals surface area contributed by atoms with Crippen LogP contribution in [0.2, 0.25) is 0 Å². The third-order valence-corrected chi connectivity index (χ3v) is 12.4. The molecule has 0 heterocycles. The molecule has 0 aromatic heterocycles. The topological polar surface area (TPSA) is 102 Å². The number of allylic oxidation sites excluding steroid dienone is 2. The average molecular weight is 833 g/mol. The van der Waals surface area contributed by atoms with Crippen molar-refractivity contribution in [3.63, 3.8) is 0 Å². The second kappa shape index (κ2) is 49.3. The first-order valence-electron chi connectivity index (χ1n) is 26.5. The maximum Gasteiger partial charge on any atom is 0.305 e. The van der Waals surface area contributed by atoms with E-state index in [0.29, 0.717) is 25.5 Å². The van der Waals surface area contributed by atoms with Crippen LogP contribution >= 0.6 is 0 Å². The number of hydrogen-bond acceptors (Lipinski definition) is 5. The highest BCUT2D eigenvalue weighted by Crippen LogP contribution is 2.16. The van der Waals surface area contributed by atoms with Crippen LogP contribution in [0.15, 0.2) is 12.2 Å². The van der Waals surface area contributed by atoms with Crippen LogP contribution in [0.4, 0.5) is 0 Å². The molecule has 0 saturated carbocycles. The number of esters is 1. The predicted molar refractivity (Wildman–Crippen MR) is 257 cm³/mol. The van der Waals surface area contributed by atoms with E-state index < -0.39 is 5.97 Å². The molecule has 0 bridgehead atoms. The van der Waals surface area contributed by atoms with Gasteiger partial charge in [0.2, 0.25) is 0 Å². The van der Waals surface area contributed by atoms with Crippen molar-refractivity contribution in [2.75, 3.05) is 13.2 Å². The normalized spacial score (nSPS) is 12.7. The van der Waals surface area contributed by atoms with Crippen molar-refractivity contribution >= 4 is 11.9 Å². The van der Waals surface area contributed by atoms with Crippen molar-refractivity contribution < 1.29 is 19.4 Å². The van der Waals surface area contributed by atoms with E-state index in [4.69, 9.17) is 15.6 Å². The fraction of sp³-hybridized carbons (Fsp3) is 0.925. The molecule has 0 aromatic carbocycles. The van der Waals surface area contributed by atoms with Crippen LogP contribution in [-0.2, 0) is 14.3 Å². The van der Waals surface area contributed by atoms with Gasteiger partial charge >= 0.3 is 11.9 Å². The summed E-state index contributed by atoms with van der Waals surface area (Å²) in [5.74, 6) is -0.652. The Bertz CT molecular complexity index is 878. The summed E-state index contributed by atoms with van der Waals surface area (Å²) < 4.78 is 5.48. The van der Waals surface area contributed by atoms with Crippen molar-refractivity contribution in [2.45, 2.75) is 302 Å². The Hall–Kier alpha value is -1.40. The van der Waals surface area contributed by atoms with Gasteiger partial charge in [0.25, 0.3) is 0 Å². The van der Waals surface area contributed by atoms with Crippen molar-refractivity contribution in [2.24, 2.45) is 5.73 Å². The zero-order chi connectivity index (χ0) is 43.0. The number of rotatable bonds is 50. The molecule has 59 heavy (non-hydrogen) atoms. The van der Waals surface area contributed by atoms with Crippen LogP contribution in [0.25, 0.3) is 0 Å². The lowest BCUT2D eigenvalue weighted by atomic mass is 10.0. The molecule has 0 radical (unpaired) electrons. The van der Waals surface area contributed by atoms with Crippen LogP contribution < -0.4 is 11.1 Å². The number of carbonyl (C=O) groups is 2. The number of carbonyl (C=O) groups excluding carboxylic acids is 1. The molecular weight excluding hydrogens is 729 g/mol. The van der Waals surface area contributed by atoms with Gasteiger partial charge in [0, 0.05) is 24.9 Å². The van der Waals surface area contributed by atoms with Crippen LogP contribution in [0.3, 0.4) is 0 Å². The summed E-state index contributed by atoms with van der Waals surface area (Å²) in [7, 11) is 0. The molecular formula is C53H104N2O4. The molecule has 2 atom stereocenters. The molecule has 2 unspecified atom stereocenters. The Morgan fingerprint density at radius 2 is 0.847 bits per heavy atom. The Morgan fingerprint density at radius 3 is 1.27 bits per heavy atom. The lowest BCUT2D eigenvalue weighted by molar-refractivity contribution is -0.144. The van der Waals surface area contributed by atoms with Crippen molar-refractivity contribution in [3.8, 4) is 0 Å². The first-order chi connectivity index (χ1) is 29.0. The number of ether oxygens (including phenoxy) is 1. The second-order valence-corrected chi connectivity index (χ2v) is 18.5. The first-order valence-corrected chi connectivity index (χ1v) is 26.5. The minimum Gasteiger partial charge on any atom is -0.481 e. The number of hydrogen-bond donors (Lipinski definition) is 3. The van der Waals surface area contributed by atoms with Gasteiger partial charge in [-0.15, -0.1) is 0 Å². The van der Waals surface area contributed by atoms with Gasteiger partial charge in [0.1, 0.15) is 0 Å². The molecule has 0 aromatic rings. The number of carboxylic acid groups (broad SMARTS) is 1. The molecule has 6 nitrogen and oxygen atoms in total. The first kappa shape index (κ1) is 57.6. The zero-order valence-corrected chi connectivity index (χ0v) is 39.9. The Labute approximate surface area is 368 Å². The maximum absolute atomic E-state index is 12.1. The van der Waals surface area contributed by atoms with Crippen LogP contribution in [0.5, 0.6) is 0 Å². The summed E-state index contributed by atoms with van der Waals surface area (Å²) in [6, 6.07) is 0.676. The van der Waals surface area contributed by atoms with Gasteiger partial charge in [0.15, 0.2) is 0 Å². The van der Waals surface area contributed by atoms with Crippen molar-refractivity contribution in [1.29, 1.82) is 0 Å². The largest absolute Gasteiger partial charge is 0.481 e. The summed E-state index contributed by atoms with van der Waals surface area (Å²) >= 11 is 0. The molecule has 0 rings (SSSR count). The standard InChI is InChI=1S/C53H104N2O4/c1-3-4-5-6-7-8-9-10-11-12-19-24-29-34-39-44-49-59-53(58)47-42-37-32-27-22-17-14-18-23-28-33-38-43-48-55-51(50(2)54)45-40-35-30-25-20-15-13-16-21-26-31-36-41-46-52(56)57/h10-11,50-51,55H,3-9,12-49,54H2,1-2H3,(H,56,57)/b11-10-. The molecule has 4 N–H and O–H groups in total. The van der Waals surface area contributed by atoms with E-state index in [9.17, 15) is 9.59 Å². The van der Waals surface area contributed by atoms with Gasteiger partial charge in [-0.05, 0) is 71.3 Å². The average Bonchev–Trinajstić information content (AvgIpc) is 3.22. The molecule has 0 aliphatic rings. The monoisotopic (exact) mass is 833 g/mol. The number of nitrogens with one attached hydrogen (secondary N) is 1. The summed E-state index contributed by atoms with van der Waals surface area (Å²) in [5, 5.41) is 12.5. The SMILES string of the molecule is CCCCCCCC/C=C\CCCCCCCCOC(=O)CCCCCCCCCCCCCCCNC(CCCCCCCCCCCCCCCC(=O)O)C(C)N. The molecule has 0 spiro atoms. The minimum absolute atomic E-state index is 0.00977. The maximum atomic E-state index is 12.1. The minimum atomic E-state index is -0.661. The number of nitrogens with two attached hydrogens (primary N) is 1. The summed E-state index contributed by atoms with van der Waals surface area (Å²) in [4.78, 5) is 22.6. The Kier molecular flexibility index (Phi) is 48.1. The smallest absolute Gasteiger partial charge is 0.305 e. The molecule has 0 aliphatic heterocycles. The van der Waals surface area contributed by atoms with Crippen molar-refractivity contribution in [1.82, 2.24) is 5.32 Å². The van der Waals surface area contributed by atoms with E-state index in [2.05, 4.69) is 31.3 Å². The van der Waals surface area contributed by atoms with Gasteiger partial charge in [-0.2, -0.15) is 0 Å². The third-order valence-electron chi connectivity index (χ3n) is 12.4. The number of carboxylic acids is 1. The van der Waals surface area contributed by atoms with E-state index in [0.717, 1.165) is 38.6 Å². The van der Waals surface area contributed by atoms with Crippen LogP contribution in [-0.4, -0.2) is 42.3 Å². The van der Waals surface area contributed by atoms with Gasteiger partial charge in [-0.1, -0.05) is 225 Å². The summed E-state index contributed by atoms with van der Waals surface area (Å²) in [6.07, 6.45) is 58.4. The highest BCUT2D eigenvalue weighted by atomic mass is 16.5. The fourth-order valence-electron chi connectivity index (χ4n) is 8.37. The van der Waals surface area contributed by atoms with Gasteiger partial charge in [-0.25, -0.2) is 0 Å². The molecule has 0 saturated heterocycles.